The van der Waals surface area contributed by atoms with Crippen LogP contribution in [-0.4, -0.2) is 47.6 Å². The van der Waals surface area contributed by atoms with E-state index in [4.69, 9.17) is 10.8 Å². The van der Waals surface area contributed by atoms with Crippen molar-refractivity contribution in [3.63, 3.8) is 0 Å². The number of hydrogen-bond acceptors (Lipinski definition) is 5. The quantitative estimate of drug-likeness (QED) is 0.788. The van der Waals surface area contributed by atoms with Gasteiger partial charge in [0.1, 0.15) is 11.6 Å². The van der Waals surface area contributed by atoms with E-state index in [1.54, 1.807) is 9.80 Å². The summed E-state index contributed by atoms with van der Waals surface area (Å²) in [5.74, 6) is -2.22. The Morgan fingerprint density at radius 1 is 1.31 bits per heavy atom. The van der Waals surface area contributed by atoms with Gasteiger partial charge in [0, 0.05) is 25.7 Å². The van der Waals surface area contributed by atoms with E-state index < -0.39 is 29.2 Å². The van der Waals surface area contributed by atoms with Gasteiger partial charge in [-0.05, 0) is 44.1 Å². The topological polar surface area (TPSA) is 99.8 Å². The molecule has 3 heterocycles. The number of carboxylic acid groups (broad SMARTS) is 1. The van der Waals surface area contributed by atoms with Crippen molar-refractivity contribution < 1.29 is 27.9 Å². The second kappa shape index (κ2) is 6.50. The summed E-state index contributed by atoms with van der Waals surface area (Å²) < 4.78 is 41.3. The summed E-state index contributed by atoms with van der Waals surface area (Å²) in [6.07, 6.45) is -2.17. The standard InChI is InChI=1S/C19H23F3N4O3/c1-10-2-4-26(10)16-14(15(23)27)12(19(20,21)22)6-13(24-16)25-5-3-18(9-25)7-11(8-18)17(28)29/h6,10-11H,2-5,7-9H2,1H3,(H2,23,27)(H,28,29)/t10-,11?,18?/m0/s1. The maximum atomic E-state index is 13.8. The molecule has 0 radical (unpaired) electrons. The molecule has 1 spiro atoms. The molecule has 0 aromatic carbocycles. The van der Waals surface area contributed by atoms with Crippen LogP contribution in [0, 0.1) is 11.3 Å². The van der Waals surface area contributed by atoms with Crippen molar-refractivity contribution in [1.29, 1.82) is 0 Å². The number of anilines is 2. The lowest BCUT2D eigenvalue weighted by atomic mass is 9.61. The number of carbonyl (C=O) groups excluding carboxylic acids is 1. The third-order valence-corrected chi connectivity index (χ3v) is 6.60. The normalized spacial score (nSPS) is 29.0. The molecule has 7 nitrogen and oxygen atoms in total. The molecule has 2 saturated heterocycles. The Bertz CT molecular complexity index is 867. The summed E-state index contributed by atoms with van der Waals surface area (Å²) in [5, 5.41) is 9.12. The highest BCUT2D eigenvalue weighted by Gasteiger charge is 2.51. The minimum atomic E-state index is -4.74. The Balaban J connectivity index is 1.70. The second-order valence-corrected chi connectivity index (χ2v) is 8.53. The third kappa shape index (κ3) is 3.28. The van der Waals surface area contributed by atoms with Crippen molar-refractivity contribution >= 4 is 23.5 Å². The number of nitrogens with zero attached hydrogens (tertiary/aromatic N) is 3. The summed E-state index contributed by atoms with van der Waals surface area (Å²) in [6.45, 7) is 3.34. The van der Waals surface area contributed by atoms with E-state index in [0.29, 0.717) is 38.9 Å². The zero-order chi connectivity index (χ0) is 21.1. The molecule has 3 N–H and O–H groups in total. The van der Waals surface area contributed by atoms with Crippen LogP contribution in [0.25, 0.3) is 0 Å². The third-order valence-electron chi connectivity index (χ3n) is 6.60. The number of nitrogens with two attached hydrogens (primary N) is 1. The van der Waals surface area contributed by atoms with Crippen LogP contribution in [0.2, 0.25) is 0 Å². The summed E-state index contributed by atoms with van der Waals surface area (Å²) in [6, 6.07) is 0.880. The summed E-state index contributed by atoms with van der Waals surface area (Å²) in [5.41, 5.74) is 3.48. The number of carbonyl (C=O) groups is 2. The molecule has 0 bridgehead atoms. The van der Waals surface area contributed by atoms with E-state index in [2.05, 4.69) is 4.98 Å². The predicted molar refractivity (Wildman–Crippen MR) is 98.8 cm³/mol. The first kappa shape index (κ1) is 19.8. The molecule has 158 valence electrons. The van der Waals surface area contributed by atoms with Gasteiger partial charge in [0.05, 0.1) is 17.0 Å². The van der Waals surface area contributed by atoms with Gasteiger partial charge in [0.2, 0.25) is 0 Å². The van der Waals surface area contributed by atoms with E-state index in [1.807, 2.05) is 6.92 Å². The SMILES string of the molecule is C[C@H]1CCN1c1nc(N2CCC3(CC(C(=O)O)C3)C2)cc(C(F)(F)F)c1C(N)=O. The molecule has 0 unspecified atom stereocenters. The minimum absolute atomic E-state index is 0.0148. The van der Waals surface area contributed by atoms with E-state index in [-0.39, 0.29) is 29.0 Å². The van der Waals surface area contributed by atoms with Gasteiger partial charge < -0.3 is 20.6 Å². The molecule has 1 aromatic heterocycles. The van der Waals surface area contributed by atoms with Crippen LogP contribution in [0.4, 0.5) is 24.8 Å². The number of pyridine rings is 1. The number of primary amides is 1. The van der Waals surface area contributed by atoms with Gasteiger partial charge in [-0.3, -0.25) is 9.59 Å². The number of halogens is 3. The average molecular weight is 412 g/mol. The maximum absolute atomic E-state index is 13.8. The molecule has 1 saturated carbocycles. The van der Waals surface area contributed by atoms with Crippen LogP contribution in [0.3, 0.4) is 0 Å². The van der Waals surface area contributed by atoms with Crippen molar-refractivity contribution in [3.8, 4) is 0 Å². The van der Waals surface area contributed by atoms with Crippen LogP contribution in [0.1, 0.15) is 48.5 Å². The number of aliphatic carboxylic acids is 1. The molecule has 1 amide bonds. The first-order valence-electron chi connectivity index (χ1n) is 9.67. The van der Waals surface area contributed by atoms with Gasteiger partial charge in [-0.2, -0.15) is 13.2 Å². The monoisotopic (exact) mass is 412 g/mol. The Kier molecular flexibility index (Phi) is 4.43. The molecular formula is C19H23F3N4O3. The predicted octanol–water partition coefficient (Wildman–Crippen LogP) is 2.49. The van der Waals surface area contributed by atoms with Crippen molar-refractivity contribution in [2.45, 2.75) is 44.8 Å². The first-order chi connectivity index (χ1) is 13.5. The van der Waals surface area contributed by atoms with E-state index in [1.165, 1.54) is 0 Å². The minimum Gasteiger partial charge on any atom is -0.481 e. The Morgan fingerprint density at radius 2 is 2.00 bits per heavy atom. The summed E-state index contributed by atoms with van der Waals surface area (Å²) in [7, 11) is 0. The van der Waals surface area contributed by atoms with Crippen molar-refractivity contribution in [2.24, 2.45) is 17.1 Å². The molecule has 29 heavy (non-hydrogen) atoms. The Labute approximate surface area is 165 Å². The Hall–Kier alpha value is -2.52. The van der Waals surface area contributed by atoms with Gasteiger partial charge in [-0.1, -0.05) is 0 Å². The lowest BCUT2D eigenvalue weighted by molar-refractivity contribution is -0.149. The van der Waals surface area contributed by atoms with E-state index in [9.17, 15) is 22.8 Å². The maximum Gasteiger partial charge on any atom is 0.417 e. The number of alkyl halides is 3. The van der Waals surface area contributed by atoms with Crippen LogP contribution < -0.4 is 15.5 Å². The lowest BCUT2D eigenvalue weighted by Gasteiger charge is -2.43. The molecule has 4 rings (SSSR count). The Morgan fingerprint density at radius 3 is 2.48 bits per heavy atom. The molecule has 1 aliphatic carbocycles. The first-order valence-corrected chi connectivity index (χ1v) is 9.67. The van der Waals surface area contributed by atoms with Crippen LogP contribution >= 0.6 is 0 Å². The highest BCUT2D eigenvalue weighted by atomic mass is 19.4. The van der Waals surface area contributed by atoms with Crippen LogP contribution in [0.5, 0.6) is 0 Å². The van der Waals surface area contributed by atoms with Crippen LogP contribution in [0.15, 0.2) is 6.07 Å². The molecule has 1 atom stereocenters. The number of amides is 1. The average Bonchev–Trinajstić information content (AvgIpc) is 3.03. The number of hydrogen-bond donors (Lipinski definition) is 2. The molecule has 10 heteroatoms. The largest absolute Gasteiger partial charge is 0.481 e. The van der Waals surface area contributed by atoms with Crippen molar-refractivity contribution in [1.82, 2.24) is 4.98 Å². The van der Waals surface area contributed by atoms with Gasteiger partial charge in [-0.25, -0.2) is 4.98 Å². The van der Waals surface area contributed by atoms with E-state index >= 15 is 0 Å². The van der Waals surface area contributed by atoms with Gasteiger partial charge in [0.25, 0.3) is 5.91 Å². The van der Waals surface area contributed by atoms with Gasteiger partial charge >= 0.3 is 12.1 Å². The van der Waals surface area contributed by atoms with Crippen molar-refractivity contribution in [2.75, 3.05) is 29.4 Å². The highest BCUT2D eigenvalue weighted by Crippen LogP contribution is 2.52. The number of carboxylic acids is 1. The number of aromatic nitrogens is 1. The fourth-order valence-corrected chi connectivity index (χ4v) is 4.81. The van der Waals surface area contributed by atoms with Gasteiger partial charge in [0.15, 0.2) is 0 Å². The molecule has 3 fully saturated rings. The summed E-state index contributed by atoms with van der Waals surface area (Å²) in [4.78, 5) is 30.9. The fourth-order valence-electron chi connectivity index (χ4n) is 4.81. The smallest absolute Gasteiger partial charge is 0.417 e. The van der Waals surface area contributed by atoms with Crippen LogP contribution in [-0.2, 0) is 11.0 Å². The lowest BCUT2D eigenvalue weighted by Crippen LogP contribution is -2.47. The summed E-state index contributed by atoms with van der Waals surface area (Å²) >= 11 is 0. The van der Waals surface area contributed by atoms with E-state index in [0.717, 1.165) is 12.5 Å². The number of rotatable bonds is 4. The fraction of sp³-hybridized carbons (Fsp3) is 0.632. The molecule has 1 aromatic rings. The molecular weight excluding hydrogens is 389 g/mol. The highest BCUT2D eigenvalue weighted by molar-refractivity contribution is 6.00. The molecule has 2 aliphatic heterocycles. The zero-order valence-corrected chi connectivity index (χ0v) is 16.0. The molecule has 3 aliphatic rings. The van der Waals surface area contributed by atoms with Crippen molar-refractivity contribution in [3.05, 3.63) is 17.2 Å². The van der Waals surface area contributed by atoms with Gasteiger partial charge in [-0.15, -0.1) is 0 Å². The zero-order valence-electron chi connectivity index (χ0n) is 16.0. The second-order valence-electron chi connectivity index (χ2n) is 8.53.